The summed E-state index contributed by atoms with van der Waals surface area (Å²) in [5, 5.41) is 5.90. The lowest BCUT2D eigenvalue weighted by molar-refractivity contribution is -0.120. The quantitative estimate of drug-likeness (QED) is 0.654. The highest BCUT2D eigenvalue weighted by molar-refractivity contribution is 7.10. The molecule has 0 atom stereocenters. The number of hydrogen-bond acceptors (Lipinski definition) is 4. The number of ether oxygens (including phenoxy) is 1. The first-order chi connectivity index (χ1) is 10.5. The monoisotopic (exact) mass is 324 g/mol. The van der Waals surface area contributed by atoms with Gasteiger partial charge in [0.15, 0.2) is 0 Å². The minimum atomic E-state index is -2.85. The second-order valence-electron chi connectivity index (χ2n) is 4.39. The van der Waals surface area contributed by atoms with Crippen LogP contribution in [0.3, 0.4) is 0 Å². The molecule has 1 aromatic carbocycles. The van der Waals surface area contributed by atoms with Crippen molar-refractivity contribution in [3.8, 4) is 5.75 Å². The van der Waals surface area contributed by atoms with E-state index in [1.165, 1.54) is 23.5 Å². The minimum Gasteiger partial charge on any atom is -0.435 e. The summed E-state index contributed by atoms with van der Waals surface area (Å²) in [6.07, 6.45) is 0.273. The van der Waals surface area contributed by atoms with Gasteiger partial charge in [-0.15, -0.1) is 11.3 Å². The molecule has 1 amide bonds. The number of rotatable bonds is 6. The van der Waals surface area contributed by atoms with Crippen LogP contribution >= 0.6 is 11.3 Å². The summed E-state index contributed by atoms with van der Waals surface area (Å²) >= 11 is 1.50. The van der Waals surface area contributed by atoms with E-state index < -0.39 is 6.61 Å². The second kappa shape index (κ2) is 7.65. The molecular formula is C15H14F2N2O2S. The van der Waals surface area contributed by atoms with E-state index in [1.807, 2.05) is 17.5 Å². The van der Waals surface area contributed by atoms with Gasteiger partial charge in [-0.3, -0.25) is 4.79 Å². The Morgan fingerprint density at radius 3 is 2.64 bits per heavy atom. The van der Waals surface area contributed by atoms with Crippen molar-refractivity contribution in [1.82, 2.24) is 5.43 Å². The average Bonchev–Trinajstić information content (AvgIpc) is 2.98. The Bertz CT molecular complexity index is 640. The molecule has 0 bridgehead atoms. The molecule has 4 nitrogen and oxygen atoms in total. The van der Waals surface area contributed by atoms with E-state index >= 15 is 0 Å². The van der Waals surface area contributed by atoms with E-state index in [9.17, 15) is 13.6 Å². The van der Waals surface area contributed by atoms with Crippen LogP contribution in [0.4, 0.5) is 8.78 Å². The smallest absolute Gasteiger partial charge is 0.387 e. The molecule has 0 fully saturated rings. The highest BCUT2D eigenvalue weighted by Crippen LogP contribution is 2.15. The third kappa shape index (κ3) is 4.92. The van der Waals surface area contributed by atoms with Crippen molar-refractivity contribution in [3.05, 3.63) is 52.2 Å². The van der Waals surface area contributed by atoms with Crippen molar-refractivity contribution in [3.63, 3.8) is 0 Å². The SMILES string of the molecule is C/C(=N\NC(=O)Cc1cccs1)c1ccc(OC(F)F)cc1. The molecule has 22 heavy (non-hydrogen) atoms. The van der Waals surface area contributed by atoms with Crippen molar-refractivity contribution in [2.45, 2.75) is 20.0 Å². The Labute approximate surface area is 130 Å². The number of carbonyl (C=O) groups excluding carboxylic acids is 1. The predicted molar refractivity (Wildman–Crippen MR) is 81.5 cm³/mol. The first-order valence-corrected chi connectivity index (χ1v) is 7.33. The normalized spacial score (nSPS) is 11.5. The first kappa shape index (κ1) is 16.1. The second-order valence-corrected chi connectivity index (χ2v) is 5.42. The van der Waals surface area contributed by atoms with Crippen molar-refractivity contribution in [2.24, 2.45) is 5.10 Å². The third-order valence-corrected chi connectivity index (χ3v) is 3.64. The molecule has 2 aromatic rings. The number of thiophene rings is 1. The molecule has 0 aliphatic heterocycles. The molecule has 0 radical (unpaired) electrons. The molecule has 0 aliphatic rings. The van der Waals surface area contributed by atoms with E-state index in [2.05, 4.69) is 15.3 Å². The molecule has 1 aromatic heterocycles. The van der Waals surface area contributed by atoms with Gasteiger partial charge in [-0.05, 0) is 48.2 Å². The van der Waals surface area contributed by atoms with E-state index in [1.54, 1.807) is 19.1 Å². The van der Waals surface area contributed by atoms with Crippen LogP contribution in [0.1, 0.15) is 17.4 Å². The van der Waals surface area contributed by atoms with Crippen LogP contribution in [0, 0.1) is 0 Å². The minimum absolute atomic E-state index is 0.0771. The van der Waals surface area contributed by atoms with Gasteiger partial charge < -0.3 is 4.74 Å². The van der Waals surface area contributed by atoms with Gasteiger partial charge in [-0.25, -0.2) is 5.43 Å². The van der Waals surface area contributed by atoms with Crippen LogP contribution in [0.15, 0.2) is 46.9 Å². The zero-order valence-electron chi connectivity index (χ0n) is 11.8. The fourth-order valence-corrected chi connectivity index (χ4v) is 2.40. The molecule has 116 valence electrons. The van der Waals surface area contributed by atoms with Crippen LogP contribution in [-0.2, 0) is 11.2 Å². The number of hydrogen-bond donors (Lipinski definition) is 1. The van der Waals surface area contributed by atoms with E-state index in [0.717, 1.165) is 4.88 Å². The van der Waals surface area contributed by atoms with Crippen molar-refractivity contribution >= 4 is 23.0 Å². The molecule has 2 rings (SSSR count). The number of amides is 1. The van der Waals surface area contributed by atoms with E-state index in [4.69, 9.17) is 0 Å². The van der Waals surface area contributed by atoms with Crippen molar-refractivity contribution < 1.29 is 18.3 Å². The summed E-state index contributed by atoms with van der Waals surface area (Å²) in [6.45, 7) is -1.13. The number of nitrogens with one attached hydrogen (secondary N) is 1. The first-order valence-electron chi connectivity index (χ1n) is 6.45. The van der Waals surface area contributed by atoms with Crippen LogP contribution in [-0.4, -0.2) is 18.2 Å². The zero-order valence-corrected chi connectivity index (χ0v) is 12.6. The van der Waals surface area contributed by atoms with Gasteiger partial charge in [0, 0.05) is 4.88 Å². The summed E-state index contributed by atoms with van der Waals surface area (Å²) in [5.41, 5.74) is 3.75. The lowest BCUT2D eigenvalue weighted by Crippen LogP contribution is -2.20. The van der Waals surface area contributed by atoms with Crippen LogP contribution in [0.25, 0.3) is 0 Å². The van der Waals surface area contributed by atoms with Gasteiger partial charge in [0.1, 0.15) is 5.75 Å². The van der Waals surface area contributed by atoms with Gasteiger partial charge in [-0.2, -0.15) is 13.9 Å². The van der Waals surface area contributed by atoms with Gasteiger partial charge in [0.25, 0.3) is 0 Å². The molecule has 0 aliphatic carbocycles. The lowest BCUT2D eigenvalue weighted by Gasteiger charge is -2.06. The van der Waals surface area contributed by atoms with Gasteiger partial charge in [0.05, 0.1) is 12.1 Å². The topological polar surface area (TPSA) is 50.7 Å². The highest BCUT2D eigenvalue weighted by Gasteiger charge is 2.06. The number of benzene rings is 1. The Kier molecular flexibility index (Phi) is 5.60. The fourth-order valence-electron chi connectivity index (χ4n) is 1.70. The molecule has 1 heterocycles. The zero-order chi connectivity index (χ0) is 15.9. The van der Waals surface area contributed by atoms with Gasteiger partial charge in [0.2, 0.25) is 5.91 Å². The summed E-state index contributed by atoms with van der Waals surface area (Å²) in [7, 11) is 0. The summed E-state index contributed by atoms with van der Waals surface area (Å²) < 4.78 is 28.4. The summed E-state index contributed by atoms with van der Waals surface area (Å²) in [6, 6.07) is 9.80. The van der Waals surface area contributed by atoms with Crippen LogP contribution in [0.5, 0.6) is 5.75 Å². The Morgan fingerprint density at radius 2 is 2.05 bits per heavy atom. The molecule has 0 spiro atoms. The highest BCUT2D eigenvalue weighted by atomic mass is 32.1. The molecule has 7 heteroatoms. The number of halogens is 2. The fraction of sp³-hybridized carbons (Fsp3) is 0.200. The third-order valence-electron chi connectivity index (χ3n) is 2.76. The van der Waals surface area contributed by atoms with E-state index in [-0.39, 0.29) is 18.1 Å². The Morgan fingerprint density at radius 1 is 1.32 bits per heavy atom. The van der Waals surface area contributed by atoms with Crippen LogP contribution < -0.4 is 10.2 Å². The largest absolute Gasteiger partial charge is 0.435 e. The number of hydrazone groups is 1. The van der Waals surface area contributed by atoms with Crippen molar-refractivity contribution in [1.29, 1.82) is 0 Å². The predicted octanol–water partition coefficient (Wildman–Crippen LogP) is 3.43. The standard InChI is InChI=1S/C15H14F2N2O2S/c1-10(11-4-6-12(7-5-11)21-15(16)17)18-19-14(20)9-13-3-2-8-22-13/h2-8,15H,9H2,1H3,(H,19,20)/b18-10+. The molecule has 0 saturated carbocycles. The Hall–Kier alpha value is -2.28. The average molecular weight is 324 g/mol. The number of nitrogens with zero attached hydrogens (tertiary/aromatic N) is 1. The number of alkyl halides is 2. The Balaban J connectivity index is 1.92. The molecular weight excluding hydrogens is 310 g/mol. The summed E-state index contributed by atoms with van der Waals surface area (Å²) in [4.78, 5) is 12.7. The maximum Gasteiger partial charge on any atom is 0.387 e. The van der Waals surface area contributed by atoms with E-state index in [0.29, 0.717) is 11.3 Å². The number of carbonyl (C=O) groups is 1. The molecule has 1 N–H and O–H groups in total. The van der Waals surface area contributed by atoms with Gasteiger partial charge >= 0.3 is 6.61 Å². The molecule has 0 unspecified atom stereocenters. The lowest BCUT2D eigenvalue weighted by atomic mass is 10.1. The summed E-state index contributed by atoms with van der Waals surface area (Å²) in [5.74, 6) is -0.132. The van der Waals surface area contributed by atoms with Crippen molar-refractivity contribution in [2.75, 3.05) is 0 Å². The maximum atomic E-state index is 12.1. The van der Waals surface area contributed by atoms with Gasteiger partial charge in [-0.1, -0.05) is 6.07 Å². The maximum absolute atomic E-state index is 12.1. The van der Waals surface area contributed by atoms with Crippen LogP contribution in [0.2, 0.25) is 0 Å². The molecule has 0 saturated heterocycles.